The summed E-state index contributed by atoms with van der Waals surface area (Å²) in [5.74, 6) is -13.2. The van der Waals surface area contributed by atoms with Crippen LogP contribution in [0.2, 0.25) is 0 Å². The van der Waals surface area contributed by atoms with Crippen molar-refractivity contribution < 1.29 is 53.4 Å². The van der Waals surface area contributed by atoms with E-state index in [1.54, 1.807) is 0 Å². The summed E-state index contributed by atoms with van der Waals surface area (Å²) in [6.45, 7) is 0. The molecule has 0 saturated carbocycles. The van der Waals surface area contributed by atoms with Crippen LogP contribution in [0.3, 0.4) is 0 Å². The molecule has 26 heavy (non-hydrogen) atoms. The second kappa shape index (κ2) is 6.57. The van der Waals surface area contributed by atoms with Gasteiger partial charge in [-0.2, -0.15) is 8.78 Å². The highest BCUT2D eigenvalue weighted by atomic mass is 19.4. The minimum absolute atomic E-state index is 0.100. The van der Waals surface area contributed by atoms with Crippen molar-refractivity contribution in [3.63, 3.8) is 0 Å². The molecule has 0 bridgehead atoms. The lowest BCUT2D eigenvalue weighted by Crippen LogP contribution is -2.25. The van der Waals surface area contributed by atoms with Gasteiger partial charge in [0.2, 0.25) is 5.75 Å². The Kier molecular flexibility index (Phi) is 4.97. The number of alkyl halides is 5. The zero-order valence-electron chi connectivity index (χ0n) is 11.9. The lowest BCUT2D eigenvalue weighted by molar-refractivity contribution is -0.276. The third-order valence-electron chi connectivity index (χ3n) is 2.73. The van der Waals surface area contributed by atoms with Crippen molar-refractivity contribution >= 4 is 0 Å². The summed E-state index contributed by atoms with van der Waals surface area (Å²) in [6.07, 6.45) is -10.4. The SMILES string of the molecule is Fc1cc(F)c(C(F)(F)Oc2cc(F)c(OC(F)(F)F)c(F)c2)c(F)c1. The second-order valence-electron chi connectivity index (χ2n) is 4.63. The molecule has 2 aromatic carbocycles. The van der Waals surface area contributed by atoms with Crippen LogP contribution >= 0.6 is 0 Å². The Hall–Kier alpha value is -2.66. The van der Waals surface area contributed by atoms with Gasteiger partial charge in [-0.15, -0.1) is 13.2 Å². The molecule has 0 fully saturated rings. The topological polar surface area (TPSA) is 18.5 Å². The van der Waals surface area contributed by atoms with Crippen LogP contribution in [0.15, 0.2) is 24.3 Å². The molecular weight excluding hydrogens is 390 g/mol. The van der Waals surface area contributed by atoms with Crippen LogP contribution in [-0.2, 0) is 6.11 Å². The summed E-state index contributed by atoms with van der Waals surface area (Å²) in [7, 11) is 0. The molecule has 2 aromatic rings. The normalized spacial score (nSPS) is 12.2. The average molecular weight is 394 g/mol. The first-order chi connectivity index (χ1) is 11.8. The Morgan fingerprint density at radius 2 is 1.08 bits per heavy atom. The van der Waals surface area contributed by atoms with Crippen molar-refractivity contribution in [1.29, 1.82) is 0 Å². The summed E-state index contributed by atoms with van der Waals surface area (Å²) in [4.78, 5) is 0. The molecule has 0 radical (unpaired) electrons. The Labute approximate surface area is 137 Å². The molecule has 0 heterocycles. The van der Waals surface area contributed by atoms with Crippen LogP contribution in [0.1, 0.15) is 5.56 Å². The van der Waals surface area contributed by atoms with Crippen molar-refractivity contribution in [3.8, 4) is 11.5 Å². The van der Waals surface area contributed by atoms with Crippen molar-refractivity contribution in [1.82, 2.24) is 0 Å². The van der Waals surface area contributed by atoms with E-state index in [4.69, 9.17) is 0 Å². The standard InChI is InChI=1S/C14H4F10O2/c15-5-1-7(16)11(8(17)2-5)13(20,21)25-6-3-9(18)12(10(19)4-6)26-14(22,23)24/h1-4H. The quantitative estimate of drug-likeness (QED) is 0.646. The molecule has 142 valence electrons. The first-order valence-corrected chi connectivity index (χ1v) is 6.27. The van der Waals surface area contributed by atoms with Gasteiger partial charge < -0.3 is 9.47 Å². The maximum absolute atomic E-state index is 13.8. The number of hydrogen-bond donors (Lipinski definition) is 0. The highest BCUT2D eigenvalue weighted by Crippen LogP contribution is 2.38. The van der Waals surface area contributed by atoms with Crippen LogP contribution in [0.5, 0.6) is 11.5 Å². The first kappa shape index (κ1) is 19.7. The first-order valence-electron chi connectivity index (χ1n) is 6.27. The Morgan fingerprint density at radius 1 is 0.615 bits per heavy atom. The molecule has 0 saturated heterocycles. The number of ether oxygens (including phenoxy) is 2. The van der Waals surface area contributed by atoms with E-state index in [1.807, 2.05) is 0 Å². The third-order valence-corrected chi connectivity index (χ3v) is 2.73. The minimum Gasteiger partial charge on any atom is -0.429 e. The molecule has 0 aliphatic heterocycles. The predicted octanol–water partition coefficient (Wildman–Crippen LogP) is 5.41. The summed E-state index contributed by atoms with van der Waals surface area (Å²) < 4.78 is 137. The Balaban J connectivity index is 2.39. The molecule has 0 unspecified atom stereocenters. The molecular formula is C14H4F10O2. The maximum atomic E-state index is 13.8. The van der Waals surface area contributed by atoms with Crippen molar-refractivity contribution in [2.45, 2.75) is 12.5 Å². The van der Waals surface area contributed by atoms with E-state index in [0.717, 1.165) is 0 Å². The largest absolute Gasteiger partial charge is 0.573 e. The number of benzene rings is 2. The van der Waals surface area contributed by atoms with Gasteiger partial charge in [-0.3, -0.25) is 0 Å². The predicted molar refractivity (Wildman–Crippen MR) is 63.9 cm³/mol. The molecule has 0 atom stereocenters. The van der Waals surface area contributed by atoms with Crippen molar-refractivity contribution in [2.24, 2.45) is 0 Å². The average Bonchev–Trinajstić information content (AvgIpc) is 2.39. The van der Waals surface area contributed by atoms with Gasteiger partial charge >= 0.3 is 12.5 Å². The van der Waals surface area contributed by atoms with Crippen LogP contribution in [0, 0.1) is 29.1 Å². The van der Waals surface area contributed by atoms with Gasteiger partial charge in [-0.1, -0.05) is 0 Å². The Bertz CT molecular complexity index is 785. The second-order valence-corrected chi connectivity index (χ2v) is 4.63. The molecule has 2 nitrogen and oxygen atoms in total. The van der Waals surface area contributed by atoms with Crippen LogP contribution in [-0.4, -0.2) is 6.36 Å². The fraction of sp³-hybridized carbons (Fsp3) is 0.143. The molecule has 0 amide bonds. The summed E-state index contributed by atoms with van der Waals surface area (Å²) in [5.41, 5.74) is -2.07. The zero-order chi connectivity index (χ0) is 19.9. The van der Waals surface area contributed by atoms with Gasteiger partial charge in [0.25, 0.3) is 0 Å². The zero-order valence-corrected chi connectivity index (χ0v) is 11.9. The molecule has 0 N–H and O–H groups in total. The van der Waals surface area contributed by atoms with Gasteiger partial charge in [0.15, 0.2) is 11.6 Å². The molecule has 0 spiro atoms. The van der Waals surface area contributed by atoms with E-state index in [0.29, 0.717) is 0 Å². The minimum atomic E-state index is -5.48. The molecule has 0 aliphatic rings. The van der Waals surface area contributed by atoms with Gasteiger partial charge in [0.05, 0.1) is 0 Å². The van der Waals surface area contributed by atoms with Gasteiger partial charge in [-0.05, 0) is 0 Å². The van der Waals surface area contributed by atoms with E-state index in [-0.39, 0.29) is 24.3 Å². The molecule has 2 rings (SSSR count). The fourth-order valence-electron chi connectivity index (χ4n) is 1.83. The van der Waals surface area contributed by atoms with E-state index < -0.39 is 58.6 Å². The Morgan fingerprint density at radius 3 is 1.50 bits per heavy atom. The number of rotatable bonds is 4. The van der Waals surface area contributed by atoms with Crippen molar-refractivity contribution in [3.05, 3.63) is 58.9 Å². The van der Waals surface area contributed by atoms with Gasteiger partial charge in [0, 0.05) is 24.3 Å². The van der Waals surface area contributed by atoms with Crippen LogP contribution in [0.4, 0.5) is 43.9 Å². The van der Waals surface area contributed by atoms with Crippen LogP contribution < -0.4 is 9.47 Å². The van der Waals surface area contributed by atoms with E-state index in [1.165, 1.54) is 0 Å². The molecule has 0 aromatic heterocycles. The lowest BCUT2D eigenvalue weighted by atomic mass is 10.1. The molecule has 12 heteroatoms. The van der Waals surface area contributed by atoms with E-state index in [2.05, 4.69) is 9.47 Å². The van der Waals surface area contributed by atoms with E-state index >= 15 is 0 Å². The highest BCUT2D eigenvalue weighted by Gasteiger charge is 2.42. The maximum Gasteiger partial charge on any atom is 0.573 e. The summed E-state index contributed by atoms with van der Waals surface area (Å²) in [6, 6.07) is -0.455. The summed E-state index contributed by atoms with van der Waals surface area (Å²) >= 11 is 0. The lowest BCUT2D eigenvalue weighted by Gasteiger charge is -2.20. The highest BCUT2D eigenvalue weighted by molar-refractivity contribution is 5.36. The van der Waals surface area contributed by atoms with Crippen LogP contribution in [0.25, 0.3) is 0 Å². The number of hydrogen-bond acceptors (Lipinski definition) is 2. The number of halogens is 10. The van der Waals surface area contributed by atoms with E-state index in [9.17, 15) is 43.9 Å². The van der Waals surface area contributed by atoms with Gasteiger partial charge in [0.1, 0.15) is 28.8 Å². The fourth-order valence-corrected chi connectivity index (χ4v) is 1.83. The van der Waals surface area contributed by atoms with Crippen molar-refractivity contribution in [2.75, 3.05) is 0 Å². The van der Waals surface area contributed by atoms with Gasteiger partial charge in [-0.25, -0.2) is 22.0 Å². The monoisotopic (exact) mass is 394 g/mol. The third kappa shape index (κ3) is 4.29. The summed E-state index contributed by atoms with van der Waals surface area (Å²) in [5, 5.41) is 0. The molecule has 0 aliphatic carbocycles. The smallest absolute Gasteiger partial charge is 0.429 e.